The molecule has 3 aromatic heterocycles. The largest absolute Gasteiger partial charge is 0.369 e. The molecule has 1 unspecified atom stereocenters. The summed E-state index contributed by atoms with van der Waals surface area (Å²) in [5.41, 5.74) is 1.37. The Morgan fingerprint density at radius 1 is 1.23 bits per heavy atom. The number of nitrogens with zero attached hydrogens (tertiary/aromatic N) is 5. The Hall–Kier alpha value is -2.41. The lowest BCUT2D eigenvalue weighted by molar-refractivity contribution is 0.494. The normalized spacial score (nSPS) is 29.8. The van der Waals surface area contributed by atoms with E-state index in [1.54, 1.807) is 12.5 Å². The van der Waals surface area contributed by atoms with E-state index in [2.05, 4.69) is 49.0 Å². The third-order valence-corrected chi connectivity index (χ3v) is 6.74. The number of nitrogens with one attached hydrogen (secondary N) is 2. The smallest absolute Gasteiger partial charge is 0.224 e. The van der Waals surface area contributed by atoms with Gasteiger partial charge < -0.3 is 15.2 Å². The van der Waals surface area contributed by atoms with Gasteiger partial charge in [0.2, 0.25) is 5.28 Å². The predicted molar refractivity (Wildman–Crippen MR) is 101 cm³/mol. The number of aromatic amines is 1. The molecule has 7 nitrogen and oxygen atoms in total. The van der Waals surface area contributed by atoms with Gasteiger partial charge in [-0.25, -0.2) is 19.9 Å². The van der Waals surface area contributed by atoms with Gasteiger partial charge in [0.25, 0.3) is 0 Å². The lowest BCUT2D eigenvalue weighted by atomic mass is 10.0. The van der Waals surface area contributed by atoms with Gasteiger partial charge in [-0.3, -0.25) is 0 Å². The lowest BCUT2D eigenvalue weighted by Gasteiger charge is -2.24. The molecule has 2 fully saturated rings. The van der Waals surface area contributed by atoms with E-state index in [1.807, 2.05) is 18.3 Å². The quantitative estimate of drug-likeness (QED) is 0.688. The van der Waals surface area contributed by atoms with Crippen LogP contribution < -0.4 is 10.2 Å². The summed E-state index contributed by atoms with van der Waals surface area (Å²) in [5, 5.41) is 4.88. The Morgan fingerprint density at radius 2 is 2.04 bits per heavy atom. The monoisotopic (exact) mass is 369 g/mol. The second kappa shape index (κ2) is 5.30. The van der Waals surface area contributed by atoms with Crippen molar-refractivity contribution in [1.82, 2.24) is 24.9 Å². The molecule has 5 rings (SSSR count). The first-order chi connectivity index (χ1) is 12.5. The molecule has 4 heterocycles. The average Bonchev–Trinajstić information content (AvgIpc) is 3.00. The predicted octanol–water partition coefficient (Wildman–Crippen LogP) is 2.98. The van der Waals surface area contributed by atoms with Crippen LogP contribution in [-0.4, -0.2) is 44.6 Å². The molecule has 2 N–H and O–H groups in total. The number of anilines is 2. The van der Waals surface area contributed by atoms with Crippen LogP contribution in [0.4, 0.5) is 11.6 Å². The van der Waals surface area contributed by atoms with Gasteiger partial charge in [0.15, 0.2) is 0 Å². The number of piperidine rings is 1. The summed E-state index contributed by atoms with van der Waals surface area (Å²) in [6.07, 6.45) is 5.21. The summed E-state index contributed by atoms with van der Waals surface area (Å²) in [6.45, 7) is 7.60. The maximum atomic E-state index is 5.95. The third kappa shape index (κ3) is 2.13. The molecular formula is C18H20ClN7. The number of hydrogen-bond donors (Lipinski definition) is 2. The fraction of sp³-hybridized carbons (Fsp3) is 0.444. The van der Waals surface area contributed by atoms with Crippen molar-refractivity contribution in [1.29, 1.82) is 0 Å². The fourth-order valence-electron chi connectivity index (χ4n) is 4.83. The minimum Gasteiger partial charge on any atom is -0.369 e. The first kappa shape index (κ1) is 15.8. The van der Waals surface area contributed by atoms with Gasteiger partial charge in [-0.2, -0.15) is 0 Å². The van der Waals surface area contributed by atoms with Crippen LogP contribution in [0.25, 0.3) is 11.0 Å². The van der Waals surface area contributed by atoms with Gasteiger partial charge in [-0.05, 0) is 40.5 Å². The molecule has 3 atom stereocenters. The summed E-state index contributed by atoms with van der Waals surface area (Å²) < 4.78 is 0. The summed E-state index contributed by atoms with van der Waals surface area (Å²) in [6, 6.07) is 3.94. The Balaban J connectivity index is 1.31. The van der Waals surface area contributed by atoms with Crippen LogP contribution in [-0.2, 0) is 0 Å². The van der Waals surface area contributed by atoms with Gasteiger partial charge in [0, 0.05) is 32.0 Å². The van der Waals surface area contributed by atoms with Gasteiger partial charge in [-0.1, -0.05) is 13.8 Å². The summed E-state index contributed by atoms with van der Waals surface area (Å²) >= 11 is 5.95. The zero-order valence-electron chi connectivity index (χ0n) is 14.7. The minimum atomic E-state index is 0.252. The van der Waals surface area contributed by atoms with E-state index in [4.69, 9.17) is 11.6 Å². The molecule has 1 aliphatic heterocycles. The van der Waals surface area contributed by atoms with E-state index < -0.39 is 0 Å². The van der Waals surface area contributed by atoms with E-state index in [9.17, 15) is 0 Å². The molecule has 8 heteroatoms. The van der Waals surface area contributed by atoms with Gasteiger partial charge in [0.05, 0.1) is 5.39 Å². The second-order valence-corrected chi connectivity index (χ2v) is 8.11. The van der Waals surface area contributed by atoms with Crippen LogP contribution in [0.3, 0.4) is 0 Å². The van der Waals surface area contributed by atoms with Crippen LogP contribution in [0.2, 0.25) is 5.28 Å². The molecule has 3 aromatic rings. The topological polar surface area (TPSA) is 82.6 Å². The molecule has 2 aliphatic rings. The lowest BCUT2D eigenvalue weighted by Crippen LogP contribution is -2.30. The fourth-order valence-corrected chi connectivity index (χ4v) is 4.97. The van der Waals surface area contributed by atoms with Crippen molar-refractivity contribution in [2.75, 3.05) is 29.9 Å². The number of H-pyrrole nitrogens is 1. The molecule has 134 valence electrons. The molecule has 0 radical (unpaired) electrons. The van der Waals surface area contributed by atoms with Gasteiger partial charge >= 0.3 is 0 Å². The van der Waals surface area contributed by atoms with E-state index in [-0.39, 0.29) is 10.8 Å². The number of halogens is 1. The van der Waals surface area contributed by atoms with E-state index in [0.717, 1.165) is 42.3 Å². The molecule has 1 saturated heterocycles. The summed E-state index contributed by atoms with van der Waals surface area (Å²) in [7, 11) is 0. The van der Waals surface area contributed by atoms with Crippen molar-refractivity contribution < 1.29 is 0 Å². The molecule has 0 spiro atoms. The number of fused-ring (bicyclic) bond motifs is 2. The van der Waals surface area contributed by atoms with Crippen LogP contribution in [0.1, 0.15) is 13.8 Å². The van der Waals surface area contributed by atoms with Gasteiger partial charge in [0.1, 0.15) is 23.6 Å². The van der Waals surface area contributed by atoms with E-state index in [1.165, 1.54) is 0 Å². The van der Waals surface area contributed by atoms with Crippen LogP contribution in [0.5, 0.6) is 0 Å². The van der Waals surface area contributed by atoms with E-state index >= 15 is 0 Å². The Labute approximate surface area is 156 Å². The highest BCUT2D eigenvalue weighted by atomic mass is 35.5. The standard InChI is InChI=1S/C18H20ClN7/c1-17-8-26(13-4-6-21-16(19)25-13)9-18(17,2)12(17)7-22-15-11-3-5-20-14(11)23-10-24-15/h3-6,10,12H,7-9H2,1-2H3,(H2,20,22,23,24)/t12?,17-,18+. The van der Waals surface area contributed by atoms with Crippen molar-refractivity contribution in [2.45, 2.75) is 13.8 Å². The Kier molecular flexibility index (Phi) is 3.22. The molecule has 1 saturated carbocycles. The average molecular weight is 370 g/mol. The SMILES string of the molecule is C[C@@]12CN(c3ccnc(Cl)n3)C[C@]1(C)C2CNc1ncnc2[nH]ccc12. The Bertz CT molecular complexity index is 970. The summed E-state index contributed by atoms with van der Waals surface area (Å²) in [5.74, 6) is 2.40. The number of aromatic nitrogens is 5. The van der Waals surface area contributed by atoms with Crippen LogP contribution in [0.15, 0.2) is 30.9 Å². The zero-order valence-corrected chi connectivity index (χ0v) is 15.5. The summed E-state index contributed by atoms with van der Waals surface area (Å²) in [4.78, 5) is 22.4. The molecular weight excluding hydrogens is 350 g/mol. The molecule has 0 amide bonds. The third-order valence-electron chi connectivity index (χ3n) is 6.56. The van der Waals surface area contributed by atoms with Crippen LogP contribution >= 0.6 is 11.6 Å². The van der Waals surface area contributed by atoms with Crippen molar-refractivity contribution in [3.8, 4) is 0 Å². The molecule has 0 aromatic carbocycles. The van der Waals surface area contributed by atoms with Crippen molar-refractivity contribution >= 4 is 34.3 Å². The molecule has 0 bridgehead atoms. The van der Waals surface area contributed by atoms with E-state index in [0.29, 0.717) is 11.2 Å². The first-order valence-electron chi connectivity index (χ1n) is 8.77. The first-order valence-corrected chi connectivity index (χ1v) is 9.14. The number of hydrogen-bond acceptors (Lipinski definition) is 6. The maximum absolute atomic E-state index is 5.95. The molecule has 1 aliphatic carbocycles. The highest BCUT2D eigenvalue weighted by Gasteiger charge is 2.74. The highest BCUT2D eigenvalue weighted by Crippen LogP contribution is 2.72. The molecule has 26 heavy (non-hydrogen) atoms. The highest BCUT2D eigenvalue weighted by molar-refractivity contribution is 6.28. The number of rotatable bonds is 4. The minimum absolute atomic E-state index is 0.252. The van der Waals surface area contributed by atoms with Gasteiger partial charge in [-0.15, -0.1) is 0 Å². The van der Waals surface area contributed by atoms with Crippen molar-refractivity contribution in [3.05, 3.63) is 36.1 Å². The zero-order chi connectivity index (χ0) is 17.9. The maximum Gasteiger partial charge on any atom is 0.224 e. The van der Waals surface area contributed by atoms with Crippen LogP contribution in [0, 0.1) is 16.7 Å². The van der Waals surface area contributed by atoms with Crippen molar-refractivity contribution in [2.24, 2.45) is 16.7 Å². The Morgan fingerprint density at radius 3 is 2.81 bits per heavy atom. The second-order valence-electron chi connectivity index (χ2n) is 7.77. The van der Waals surface area contributed by atoms with Crippen molar-refractivity contribution in [3.63, 3.8) is 0 Å².